The Morgan fingerprint density at radius 3 is 2.73 bits per heavy atom. The third-order valence-corrected chi connectivity index (χ3v) is 5.99. The summed E-state index contributed by atoms with van der Waals surface area (Å²) in [7, 11) is 0. The summed E-state index contributed by atoms with van der Waals surface area (Å²) in [6.07, 6.45) is 2.52. The smallest absolute Gasteiger partial charge is 0.359 e. The maximum Gasteiger partial charge on any atom is 0.359 e. The van der Waals surface area contributed by atoms with Crippen molar-refractivity contribution in [1.82, 2.24) is 15.1 Å². The van der Waals surface area contributed by atoms with E-state index in [0.717, 1.165) is 41.8 Å². The van der Waals surface area contributed by atoms with E-state index in [1.807, 2.05) is 17.5 Å². The van der Waals surface area contributed by atoms with Crippen molar-refractivity contribution in [3.05, 3.63) is 69.4 Å². The van der Waals surface area contributed by atoms with Crippen molar-refractivity contribution in [2.45, 2.75) is 45.3 Å². The number of benzene rings is 1. The maximum atomic E-state index is 13.3. The number of halogens is 1. The molecule has 0 bridgehead atoms. The maximum absolute atomic E-state index is 13.3. The monoisotopic (exact) mass is 427 g/mol. The topological polar surface area (TPSA) is 73.2 Å². The molecule has 1 amide bonds. The van der Waals surface area contributed by atoms with Crippen LogP contribution in [0.3, 0.4) is 0 Å². The zero-order valence-electron chi connectivity index (χ0n) is 16.6. The molecule has 0 unspecified atom stereocenters. The van der Waals surface area contributed by atoms with Gasteiger partial charge in [0.2, 0.25) is 0 Å². The van der Waals surface area contributed by atoms with E-state index in [4.69, 9.17) is 4.74 Å². The van der Waals surface area contributed by atoms with Gasteiger partial charge in [0.25, 0.3) is 5.91 Å². The number of carbonyl (C=O) groups is 2. The number of hydrogen-bond donors (Lipinski definition) is 1. The Morgan fingerprint density at radius 1 is 1.23 bits per heavy atom. The molecule has 1 N–H and O–H groups in total. The Hall–Kier alpha value is -3.00. The van der Waals surface area contributed by atoms with Crippen LogP contribution in [0, 0.1) is 5.82 Å². The number of nitrogens with zero attached hydrogens (tertiary/aromatic N) is 2. The summed E-state index contributed by atoms with van der Waals surface area (Å²) in [4.78, 5) is 26.2. The van der Waals surface area contributed by atoms with Gasteiger partial charge in [0, 0.05) is 16.1 Å². The molecule has 0 spiro atoms. The van der Waals surface area contributed by atoms with Crippen molar-refractivity contribution in [3.8, 4) is 5.69 Å². The lowest BCUT2D eigenvalue weighted by molar-refractivity contribution is -0.129. The molecule has 8 heteroatoms. The molecular weight excluding hydrogens is 405 g/mol. The fourth-order valence-electron chi connectivity index (χ4n) is 3.56. The summed E-state index contributed by atoms with van der Waals surface area (Å²) in [5.74, 6) is -1.31. The van der Waals surface area contributed by atoms with E-state index in [-0.39, 0.29) is 17.4 Å². The van der Waals surface area contributed by atoms with Gasteiger partial charge in [0.05, 0.1) is 12.2 Å². The van der Waals surface area contributed by atoms with Gasteiger partial charge in [-0.2, -0.15) is 5.10 Å². The van der Waals surface area contributed by atoms with Crippen molar-refractivity contribution >= 4 is 23.2 Å². The van der Waals surface area contributed by atoms with Crippen LogP contribution in [0.25, 0.3) is 5.69 Å². The second kappa shape index (κ2) is 8.79. The first-order chi connectivity index (χ1) is 14.5. The summed E-state index contributed by atoms with van der Waals surface area (Å²) in [6, 6.07) is 9.83. The van der Waals surface area contributed by atoms with Gasteiger partial charge < -0.3 is 10.1 Å². The Morgan fingerprint density at radius 2 is 2.00 bits per heavy atom. The molecule has 4 rings (SSSR count). The molecule has 0 aliphatic heterocycles. The van der Waals surface area contributed by atoms with Gasteiger partial charge in [-0.05, 0) is 68.3 Å². The number of fused-ring (bicyclic) bond motifs is 1. The van der Waals surface area contributed by atoms with Crippen LogP contribution in [0.15, 0.2) is 41.8 Å². The molecule has 0 fully saturated rings. The number of hydrogen-bond acceptors (Lipinski definition) is 5. The quantitative estimate of drug-likeness (QED) is 0.607. The zero-order chi connectivity index (χ0) is 21.1. The average Bonchev–Trinajstić information content (AvgIpc) is 3.40. The van der Waals surface area contributed by atoms with E-state index in [9.17, 15) is 14.0 Å². The van der Waals surface area contributed by atoms with Crippen LogP contribution >= 0.6 is 11.3 Å². The highest BCUT2D eigenvalue weighted by Gasteiger charge is 2.28. The third-order valence-electron chi connectivity index (χ3n) is 5.11. The minimum absolute atomic E-state index is 0.229. The van der Waals surface area contributed by atoms with Crippen molar-refractivity contribution in [2.75, 3.05) is 0 Å². The number of nitrogens with one attached hydrogen (secondary N) is 1. The Bertz CT molecular complexity index is 1040. The van der Waals surface area contributed by atoms with Crippen LogP contribution in [0.4, 0.5) is 4.39 Å². The largest absolute Gasteiger partial charge is 0.448 e. The minimum Gasteiger partial charge on any atom is -0.448 e. The Balaban J connectivity index is 1.50. The Labute approximate surface area is 177 Å². The summed E-state index contributed by atoms with van der Waals surface area (Å²) < 4.78 is 20.4. The Kier molecular flexibility index (Phi) is 5.94. The van der Waals surface area contributed by atoms with Gasteiger partial charge in [0.15, 0.2) is 11.8 Å². The SMILES string of the molecule is C[C@H](OC(=O)c1nn(-c2ccc(F)cc2)c2c1CCCC2)C(=O)NCc1cccs1. The lowest BCUT2D eigenvalue weighted by Gasteiger charge is -2.15. The lowest BCUT2D eigenvalue weighted by atomic mass is 9.95. The van der Waals surface area contributed by atoms with Gasteiger partial charge in [-0.3, -0.25) is 4.79 Å². The molecule has 1 aromatic carbocycles. The van der Waals surface area contributed by atoms with Gasteiger partial charge in [0.1, 0.15) is 5.82 Å². The molecule has 3 aromatic rings. The molecule has 1 aliphatic carbocycles. The number of amides is 1. The van der Waals surface area contributed by atoms with Crippen LogP contribution < -0.4 is 5.32 Å². The first kappa shape index (κ1) is 20.3. The van der Waals surface area contributed by atoms with E-state index < -0.39 is 12.1 Å². The second-order valence-electron chi connectivity index (χ2n) is 7.21. The van der Waals surface area contributed by atoms with Gasteiger partial charge >= 0.3 is 5.97 Å². The molecule has 2 heterocycles. The number of carbonyl (C=O) groups excluding carboxylic acids is 2. The average molecular weight is 428 g/mol. The van der Waals surface area contributed by atoms with Crippen LogP contribution in [-0.4, -0.2) is 27.8 Å². The number of thiophene rings is 1. The number of ether oxygens (including phenoxy) is 1. The summed E-state index contributed by atoms with van der Waals surface area (Å²) in [5.41, 5.74) is 2.71. The molecule has 156 valence electrons. The van der Waals surface area contributed by atoms with Crippen LogP contribution in [-0.2, 0) is 28.9 Å². The number of aromatic nitrogens is 2. The number of esters is 1. The van der Waals surface area contributed by atoms with E-state index in [1.54, 1.807) is 35.1 Å². The predicted octanol–water partition coefficient (Wildman–Crippen LogP) is 3.81. The van der Waals surface area contributed by atoms with Crippen molar-refractivity contribution < 1.29 is 18.7 Å². The van der Waals surface area contributed by atoms with E-state index in [0.29, 0.717) is 12.2 Å². The van der Waals surface area contributed by atoms with E-state index >= 15 is 0 Å². The summed E-state index contributed by atoms with van der Waals surface area (Å²) in [6.45, 7) is 1.94. The fraction of sp³-hybridized carbons (Fsp3) is 0.318. The van der Waals surface area contributed by atoms with Gasteiger partial charge in [-0.1, -0.05) is 6.07 Å². The van der Waals surface area contributed by atoms with Crippen LogP contribution in [0.1, 0.15) is 46.4 Å². The van der Waals surface area contributed by atoms with Crippen molar-refractivity contribution in [3.63, 3.8) is 0 Å². The first-order valence-electron chi connectivity index (χ1n) is 9.90. The van der Waals surface area contributed by atoms with Gasteiger partial charge in [-0.25, -0.2) is 13.9 Å². The van der Waals surface area contributed by atoms with Crippen molar-refractivity contribution in [2.24, 2.45) is 0 Å². The van der Waals surface area contributed by atoms with E-state index in [1.165, 1.54) is 12.1 Å². The highest BCUT2D eigenvalue weighted by molar-refractivity contribution is 7.09. The van der Waals surface area contributed by atoms with Crippen molar-refractivity contribution in [1.29, 1.82) is 0 Å². The molecule has 0 saturated carbocycles. The predicted molar refractivity (Wildman–Crippen MR) is 111 cm³/mol. The molecule has 1 atom stereocenters. The fourth-order valence-corrected chi connectivity index (χ4v) is 4.20. The second-order valence-corrected chi connectivity index (χ2v) is 8.25. The molecule has 1 aliphatic rings. The summed E-state index contributed by atoms with van der Waals surface area (Å²) >= 11 is 1.55. The molecular formula is C22H22FN3O3S. The zero-order valence-corrected chi connectivity index (χ0v) is 17.4. The van der Waals surface area contributed by atoms with Gasteiger partial charge in [-0.15, -0.1) is 11.3 Å². The first-order valence-corrected chi connectivity index (χ1v) is 10.8. The molecule has 2 aromatic heterocycles. The molecule has 0 radical (unpaired) electrons. The molecule has 0 saturated heterocycles. The lowest BCUT2D eigenvalue weighted by Crippen LogP contribution is -2.35. The molecule has 6 nitrogen and oxygen atoms in total. The highest BCUT2D eigenvalue weighted by Crippen LogP contribution is 2.27. The normalized spacial score (nSPS) is 14.1. The third kappa shape index (κ3) is 4.28. The number of rotatable bonds is 6. The highest BCUT2D eigenvalue weighted by atomic mass is 32.1. The molecule has 30 heavy (non-hydrogen) atoms. The standard InChI is InChI=1S/C22H22FN3O3S/c1-14(21(27)24-13-17-5-4-12-30-17)29-22(28)20-18-6-2-3-7-19(18)26(25-20)16-10-8-15(23)9-11-16/h4-5,8-12,14H,2-3,6-7,13H2,1H3,(H,24,27)/t14-/m0/s1. The summed E-state index contributed by atoms with van der Waals surface area (Å²) in [5, 5.41) is 9.19. The minimum atomic E-state index is -0.937. The van der Waals surface area contributed by atoms with Crippen LogP contribution in [0.2, 0.25) is 0 Å². The van der Waals surface area contributed by atoms with Crippen LogP contribution in [0.5, 0.6) is 0 Å². The van der Waals surface area contributed by atoms with E-state index in [2.05, 4.69) is 10.4 Å².